The second-order valence-electron chi connectivity index (χ2n) is 4.57. The van der Waals surface area contributed by atoms with Gasteiger partial charge >= 0.3 is 95.6 Å². The van der Waals surface area contributed by atoms with Crippen LogP contribution in [0, 0.1) is 5.92 Å². The molecule has 1 saturated heterocycles. The van der Waals surface area contributed by atoms with Crippen LogP contribution in [0.25, 0.3) is 0 Å². The minimum absolute atomic E-state index is 0.517. The van der Waals surface area contributed by atoms with Crippen LogP contribution in [0.3, 0.4) is 0 Å². The van der Waals surface area contributed by atoms with Gasteiger partial charge < -0.3 is 0 Å². The molecule has 1 rings (SSSR count). The summed E-state index contributed by atoms with van der Waals surface area (Å²) in [4.78, 5) is 0. The molecule has 0 aromatic rings. The normalized spacial score (nSPS) is 26.1. The summed E-state index contributed by atoms with van der Waals surface area (Å²) in [7, 11) is -1.42. The van der Waals surface area contributed by atoms with Crippen LogP contribution in [0.5, 0.6) is 0 Å². The molecular formula is C10H23O3PS. The van der Waals surface area contributed by atoms with Gasteiger partial charge in [0.2, 0.25) is 0 Å². The summed E-state index contributed by atoms with van der Waals surface area (Å²) < 4.78 is 21.9. The van der Waals surface area contributed by atoms with E-state index in [1.54, 1.807) is 6.26 Å². The van der Waals surface area contributed by atoms with Gasteiger partial charge in [0.05, 0.1) is 0 Å². The van der Waals surface area contributed by atoms with Gasteiger partial charge in [-0.25, -0.2) is 0 Å². The monoisotopic (exact) mass is 254 g/mol. The van der Waals surface area contributed by atoms with Crippen molar-refractivity contribution in [2.24, 2.45) is 5.92 Å². The van der Waals surface area contributed by atoms with Gasteiger partial charge in [-0.1, -0.05) is 0 Å². The summed E-state index contributed by atoms with van der Waals surface area (Å²) >= 11 is -1.13. The van der Waals surface area contributed by atoms with Gasteiger partial charge in [0.25, 0.3) is 0 Å². The van der Waals surface area contributed by atoms with Crippen LogP contribution in [0.2, 0.25) is 0 Å². The van der Waals surface area contributed by atoms with Crippen molar-refractivity contribution in [1.82, 2.24) is 0 Å². The predicted octanol–water partition coefficient (Wildman–Crippen LogP) is 2.04. The van der Waals surface area contributed by atoms with Crippen molar-refractivity contribution < 1.29 is 12.9 Å². The Morgan fingerprint density at radius 2 is 2.33 bits per heavy atom. The summed E-state index contributed by atoms with van der Waals surface area (Å²) in [6.45, 7) is 6.04. The molecule has 1 aliphatic rings. The average molecular weight is 254 g/mol. The molecule has 3 nitrogen and oxygen atoms in total. The van der Waals surface area contributed by atoms with E-state index in [1.165, 1.54) is 12.6 Å². The third kappa shape index (κ3) is 4.90. The van der Waals surface area contributed by atoms with E-state index in [0.717, 1.165) is 19.2 Å². The molecule has 0 aromatic heterocycles. The van der Waals surface area contributed by atoms with Gasteiger partial charge in [-0.3, -0.25) is 0 Å². The molecular weight excluding hydrogens is 231 g/mol. The molecule has 0 aliphatic carbocycles. The molecule has 0 bridgehead atoms. The van der Waals surface area contributed by atoms with Crippen molar-refractivity contribution in [3.63, 3.8) is 0 Å². The molecule has 0 spiro atoms. The summed E-state index contributed by atoms with van der Waals surface area (Å²) in [6.07, 6.45) is 6.32. The van der Waals surface area contributed by atoms with E-state index in [-0.39, 0.29) is 0 Å². The van der Waals surface area contributed by atoms with Crippen molar-refractivity contribution in [3.8, 4) is 0 Å². The molecule has 2 unspecified atom stereocenters. The molecule has 0 amide bonds. The van der Waals surface area contributed by atoms with Crippen LogP contribution < -0.4 is 0 Å². The van der Waals surface area contributed by atoms with Crippen molar-refractivity contribution in [1.29, 1.82) is 0 Å². The summed E-state index contributed by atoms with van der Waals surface area (Å²) in [5.41, 5.74) is 0. The van der Waals surface area contributed by atoms with Gasteiger partial charge in [0.1, 0.15) is 0 Å². The minimum atomic E-state index is -1.42. The molecule has 1 heterocycles. The predicted molar refractivity (Wildman–Crippen MR) is 68.3 cm³/mol. The molecule has 1 aliphatic heterocycles. The zero-order chi connectivity index (χ0) is 11.3. The standard InChI is InChI=1S/C10H23O3PS/c1-4-10(8-13-15(3)11)9-14(2)7-5-6-12-14/h10,14H,4-9H2,1-3H3. The first kappa shape index (κ1) is 13.6. The van der Waals surface area contributed by atoms with E-state index in [1.807, 2.05) is 0 Å². The maximum absolute atomic E-state index is 10.9. The first-order chi connectivity index (χ1) is 7.06. The Bertz CT molecular complexity index is 217. The Morgan fingerprint density at radius 3 is 2.80 bits per heavy atom. The quantitative estimate of drug-likeness (QED) is 0.680. The topological polar surface area (TPSA) is 35.5 Å². The Balaban J connectivity index is 2.35. The zero-order valence-electron chi connectivity index (χ0n) is 9.95. The summed E-state index contributed by atoms with van der Waals surface area (Å²) in [5, 5.41) is 0. The fourth-order valence-electron chi connectivity index (χ4n) is 2.12. The number of hydrogen-bond acceptors (Lipinski definition) is 3. The van der Waals surface area contributed by atoms with Crippen LogP contribution in [0.15, 0.2) is 0 Å². The summed E-state index contributed by atoms with van der Waals surface area (Å²) in [6, 6.07) is 0. The van der Waals surface area contributed by atoms with Gasteiger partial charge in [-0.15, -0.1) is 0 Å². The molecule has 0 saturated carbocycles. The van der Waals surface area contributed by atoms with E-state index in [9.17, 15) is 4.21 Å². The summed E-state index contributed by atoms with van der Waals surface area (Å²) in [5.74, 6) is 0.517. The maximum atomic E-state index is 10.9. The Kier molecular flexibility index (Phi) is 5.69. The van der Waals surface area contributed by atoms with Crippen molar-refractivity contribution in [2.45, 2.75) is 19.8 Å². The molecule has 92 valence electrons. The third-order valence-corrected chi connectivity index (χ3v) is 7.29. The molecule has 0 N–H and O–H groups in total. The second kappa shape index (κ2) is 6.29. The molecule has 0 aromatic carbocycles. The van der Waals surface area contributed by atoms with Crippen molar-refractivity contribution >= 4 is 18.6 Å². The van der Waals surface area contributed by atoms with Crippen LogP contribution in [0.1, 0.15) is 19.8 Å². The SMILES string of the molecule is CCC(COS(C)=O)C[PH]1(C)CCCO1. The first-order valence-corrected chi connectivity index (χ1v) is 9.97. The number of rotatable bonds is 6. The van der Waals surface area contributed by atoms with Crippen LogP contribution in [0.4, 0.5) is 0 Å². The Morgan fingerprint density at radius 1 is 1.60 bits per heavy atom. The first-order valence-electron chi connectivity index (χ1n) is 5.66. The van der Waals surface area contributed by atoms with Crippen molar-refractivity contribution in [2.75, 3.05) is 38.5 Å². The Labute approximate surface area is 96.0 Å². The van der Waals surface area contributed by atoms with Gasteiger partial charge in [-0.05, 0) is 0 Å². The van der Waals surface area contributed by atoms with Gasteiger partial charge in [0, 0.05) is 0 Å². The molecule has 5 heteroatoms. The Hall–Kier alpha value is 0.500. The van der Waals surface area contributed by atoms with Gasteiger partial charge in [0.15, 0.2) is 0 Å². The fraction of sp³-hybridized carbons (Fsp3) is 1.00. The van der Waals surface area contributed by atoms with Crippen LogP contribution in [-0.4, -0.2) is 42.7 Å². The van der Waals surface area contributed by atoms with E-state index in [0.29, 0.717) is 12.5 Å². The zero-order valence-corrected chi connectivity index (χ0v) is 11.8. The van der Waals surface area contributed by atoms with E-state index in [4.69, 9.17) is 8.71 Å². The molecule has 0 radical (unpaired) electrons. The van der Waals surface area contributed by atoms with Crippen LogP contribution in [-0.2, 0) is 19.8 Å². The van der Waals surface area contributed by atoms with Crippen molar-refractivity contribution in [3.05, 3.63) is 0 Å². The fourth-order valence-corrected chi connectivity index (χ4v) is 6.13. The van der Waals surface area contributed by atoms with Gasteiger partial charge in [-0.2, -0.15) is 0 Å². The van der Waals surface area contributed by atoms with E-state index < -0.39 is 18.6 Å². The molecule has 15 heavy (non-hydrogen) atoms. The molecule has 1 fully saturated rings. The molecule has 2 atom stereocenters. The number of hydrogen-bond donors (Lipinski definition) is 0. The van der Waals surface area contributed by atoms with E-state index >= 15 is 0 Å². The average Bonchev–Trinajstić information content (AvgIpc) is 2.59. The van der Waals surface area contributed by atoms with Crippen LogP contribution >= 0.6 is 7.49 Å². The second-order valence-corrected chi connectivity index (χ2v) is 9.70. The third-order valence-electron chi connectivity index (χ3n) is 3.07. The van der Waals surface area contributed by atoms with E-state index in [2.05, 4.69) is 13.6 Å².